The second-order valence-corrected chi connectivity index (χ2v) is 2.58. The van der Waals surface area contributed by atoms with Crippen molar-refractivity contribution in [2.75, 3.05) is 20.1 Å². The molecule has 1 saturated heterocycles. The van der Waals surface area contributed by atoms with Crippen LogP contribution in [0.3, 0.4) is 0 Å². The first kappa shape index (κ1) is 5.76. The summed E-state index contributed by atoms with van der Waals surface area (Å²) in [6.45, 7) is 4.06. The maximum Gasteiger partial charge on any atom is 0.319 e. The van der Waals surface area contributed by atoms with Crippen LogP contribution in [0.5, 0.6) is 0 Å². The van der Waals surface area contributed by atoms with Crippen LogP contribution in [0.1, 0.15) is 13.3 Å². The standard InChI is InChI=1S/C6H12NO/c1-3-7(2)5-4-6(7)8/h3-5H2,1-2H3/q+1. The molecule has 1 amide bonds. The number of likely N-dealkylation sites (tertiary alicyclic amines) is 1. The van der Waals surface area contributed by atoms with Gasteiger partial charge in [-0.3, -0.25) is 4.48 Å². The van der Waals surface area contributed by atoms with E-state index >= 15 is 0 Å². The number of β-lactam (4-membered cyclic amide) rings is 1. The van der Waals surface area contributed by atoms with E-state index in [0.717, 1.165) is 19.5 Å². The molecule has 1 aliphatic rings. The minimum Gasteiger partial charge on any atom is -0.262 e. The Bertz CT molecular complexity index is 118. The molecular weight excluding hydrogens is 102 g/mol. The van der Waals surface area contributed by atoms with Crippen molar-refractivity contribution in [2.24, 2.45) is 0 Å². The molecule has 0 aliphatic carbocycles. The Morgan fingerprint density at radius 2 is 2.38 bits per heavy atom. The van der Waals surface area contributed by atoms with Crippen molar-refractivity contribution in [3.8, 4) is 0 Å². The predicted octanol–water partition coefficient (Wildman–Crippen LogP) is 0.383. The van der Waals surface area contributed by atoms with E-state index in [2.05, 4.69) is 6.92 Å². The fourth-order valence-electron chi connectivity index (χ4n) is 0.919. The molecule has 1 aliphatic heterocycles. The molecule has 0 spiro atoms. The molecule has 1 fully saturated rings. The van der Waals surface area contributed by atoms with Gasteiger partial charge in [0, 0.05) is 0 Å². The van der Waals surface area contributed by atoms with Crippen LogP contribution in [0.25, 0.3) is 0 Å². The van der Waals surface area contributed by atoms with Crippen LogP contribution in [0.2, 0.25) is 0 Å². The fourth-order valence-corrected chi connectivity index (χ4v) is 0.919. The molecule has 8 heavy (non-hydrogen) atoms. The lowest BCUT2D eigenvalue weighted by Crippen LogP contribution is -2.59. The highest BCUT2D eigenvalue weighted by Gasteiger charge is 2.39. The summed E-state index contributed by atoms with van der Waals surface area (Å²) in [5.74, 6) is 0.396. The van der Waals surface area contributed by atoms with Crippen LogP contribution < -0.4 is 0 Å². The van der Waals surface area contributed by atoms with Crippen molar-refractivity contribution in [2.45, 2.75) is 13.3 Å². The highest BCUT2D eigenvalue weighted by atomic mass is 16.2. The molecule has 0 N–H and O–H groups in total. The second kappa shape index (κ2) is 1.55. The number of hydrogen-bond donors (Lipinski definition) is 0. The molecule has 1 atom stereocenters. The van der Waals surface area contributed by atoms with Gasteiger partial charge in [-0.25, -0.2) is 4.79 Å². The van der Waals surface area contributed by atoms with Crippen molar-refractivity contribution in [3.63, 3.8) is 0 Å². The minimum atomic E-state index is 0.396. The third-order valence-corrected chi connectivity index (χ3v) is 2.12. The van der Waals surface area contributed by atoms with Gasteiger partial charge in [0.25, 0.3) is 0 Å². The van der Waals surface area contributed by atoms with E-state index < -0.39 is 0 Å². The van der Waals surface area contributed by atoms with Crippen LogP contribution in [0.15, 0.2) is 0 Å². The third-order valence-electron chi connectivity index (χ3n) is 2.12. The molecule has 0 saturated carbocycles. The topological polar surface area (TPSA) is 17.1 Å². The highest BCUT2D eigenvalue weighted by Crippen LogP contribution is 2.16. The normalized spacial score (nSPS) is 37.0. The van der Waals surface area contributed by atoms with Gasteiger partial charge in [-0.2, -0.15) is 0 Å². The molecule has 46 valence electrons. The van der Waals surface area contributed by atoms with E-state index in [4.69, 9.17) is 0 Å². The maximum atomic E-state index is 10.8. The molecule has 2 heteroatoms. The largest absolute Gasteiger partial charge is 0.319 e. The zero-order valence-corrected chi connectivity index (χ0v) is 5.48. The Hall–Kier alpha value is -0.370. The summed E-state index contributed by atoms with van der Waals surface area (Å²) < 4.78 is 0.667. The molecule has 0 aromatic heterocycles. The smallest absolute Gasteiger partial charge is 0.262 e. The van der Waals surface area contributed by atoms with Gasteiger partial charge in [0.2, 0.25) is 0 Å². The van der Waals surface area contributed by atoms with Crippen molar-refractivity contribution in [1.29, 1.82) is 0 Å². The van der Waals surface area contributed by atoms with E-state index in [1.807, 2.05) is 7.05 Å². The summed E-state index contributed by atoms with van der Waals surface area (Å²) in [7, 11) is 1.99. The van der Waals surface area contributed by atoms with Gasteiger partial charge in [-0.1, -0.05) is 0 Å². The summed E-state index contributed by atoms with van der Waals surface area (Å²) in [6, 6.07) is 0. The summed E-state index contributed by atoms with van der Waals surface area (Å²) in [5.41, 5.74) is 0. The van der Waals surface area contributed by atoms with Crippen LogP contribution in [0.4, 0.5) is 0 Å². The molecule has 1 rings (SSSR count). The van der Waals surface area contributed by atoms with Crippen molar-refractivity contribution in [1.82, 2.24) is 0 Å². The number of rotatable bonds is 1. The first-order valence-electron chi connectivity index (χ1n) is 3.07. The average Bonchev–Trinajstić information content (AvgIpc) is 1.83. The molecule has 0 radical (unpaired) electrons. The number of carbonyl (C=O) groups is 1. The number of carbonyl (C=O) groups excluding carboxylic acids is 1. The lowest BCUT2D eigenvalue weighted by atomic mass is 10.1. The third kappa shape index (κ3) is 0.564. The van der Waals surface area contributed by atoms with Gasteiger partial charge in [0.15, 0.2) is 0 Å². The Morgan fingerprint density at radius 3 is 2.38 bits per heavy atom. The van der Waals surface area contributed by atoms with Crippen LogP contribution in [0, 0.1) is 0 Å². The monoisotopic (exact) mass is 114 g/mol. The maximum absolute atomic E-state index is 10.8. The van der Waals surface area contributed by atoms with E-state index in [-0.39, 0.29) is 0 Å². The SMILES string of the molecule is CC[N+]1(C)CCC1=O. The number of hydrogen-bond acceptors (Lipinski definition) is 1. The van der Waals surface area contributed by atoms with Gasteiger partial charge < -0.3 is 0 Å². The van der Waals surface area contributed by atoms with Crippen molar-refractivity contribution >= 4 is 5.91 Å². The van der Waals surface area contributed by atoms with E-state index in [1.165, 1.54) is 0 Å². The number of quaternary nitrogens is 1. The van der Waals surface area contributed by atoms with Crippen LogP contribution in [-0.4, -0.2) is 30.5 Å². The van der Waals surface area contributed by atoms with E-state index in [1.54, 1.807) is 0 Å². The lowest BCUT2D eigenvalue weighted by Gasteiger charge is -2.37. The second-order valence-electron chi connectivity index (χ2n) is 2.58. The van der Waals surface area contributed by atoms with Crippen LogP contribution in [-0.2, 0) is 4.79 Å². The quantitative estimate of drug-likeness (QED) is 0.356. The van der Waals surface area contributed by atoms with Gasteiger partial charge in [0.1, 0.15) is 6.42 Å². The van der Waals surface area contributed by atoms with E-state index in [0.29, 0.717) is 10.4 Å². The summed E-state index contributed by atoms with van der Waals surface area (Å²) in [4.78, 5) is 10.8. The van der Waals surface area contributed by atoms with E-state index in [9.17, 15) is 4.79 Å². The predicted molar refractivity (Wildman–Crippen MR) is 31.2 cm³/mol. The van der Waals surface area contributed by atoms with Gasteiger partial charge in [-0.15, -0.1) is 0 Å². The summed E-state index contributed by atoms with van der Waals surface area (Å²) in [6.07, 6.45) is 0.796. The highest BCUT2D eigenvalue weighted by molar-refractivity contribution is 5.73. The van der Waals surface area contributed by atoms with Gasteiger partial charge >= 0.3 is 5.91 Å². The zero-order valence-electron chi connectivity index (χ0n) is 5.48. The molecule has 0 bridgehead atoms. The first-order chi connectivity index (χ1) is 3.69. The van der Waals surface area contributed by atoms with Crippen LogP contribution >= 0.6 is 0 Å². The van der Waals surface area contributed by atoms with Crippen molar-refractivity contribution < 1.29 is 9.28 Å². The molecular formula is C6H12NO+. The Balaban J connectivity index is 2.55. The summed E-state index contributed by atoms with van der Waals surface area (Å²) in [5, 5.41) is 0. The average molecular weight is 114 g/mol. The molecule has 0 aromatic rings. The molecule has 0 aromatic carbocycles. The minimum absolute atomic E-state index is 0.396. The van der Waals surface area contributed by atoms with Crippen molar-refractivity contribution in [3.05, 3.63) is 0 Å². The van der Waals surface area contributed by atoms with Gasteiger partial charge in [0.05, 0.1) is 20.1 Å². The number of nitrogens with zero attached hydrogens (tertiary/aromatic N) is 1. The molecule has 2 nitrogen and oxygen atoms in total. The Labute approximate surface area is 49.7 Å². The Kier molecular flexibility index (Phi) is 1.12. The molecule has 1 heterocycles. The molecule has 1 unspecified atom stereocenters. The number of amides is 1. The summed E-state index contributed by atoms with van der Waals surface area (Å²) >= 11 is 0. The fraction of sp³-hybridized carbons (Fsp3) is 0.833. The first-order valence-corrected chi connectivity index (χ1v) is 3.07. The lowest BCUT2D eigenvalue weighted by molar-refractivity contribution is -0.858. The zero-order chi connectivity index (χ0) is 6.20. The van der Waals surface area contributed by atoms with Gasteiger partial charge in [-0.05, 0) is 6.92 Å². The Morgan fingerprint density at radius 1 is 1.75 bits per heavy atom.